The molecule has 0 heterocycles. The summed E-state index contributed by atoms with van der Waals surface area (Å²) in [5, 5.41) is 5.08. The van der Waals surface area contributed by atoms with Gasteiger partial charge in [-0.1, -0.05) is 19.1 Å². The zero-order chi connectivity index (χ0) is 17.2. The summed E-state index contributed by atoms with van der Waals surface area (Å²) in [5.74, 6) is -1.85. The van der Waals surface area contributed by atoms with Crippen molar-refractivity contribution in [1.29, 1.82) is 0 Å². The number of hydrogen-bond acceptors (Lipinski definition) is 4. The van der Waals surface area contributed by atoms with E-state index in [0.29, 0.717) is 12.1 Å². The average Bonchev–Trinajstić information content (AvgIpc) is 2.52. The highest BCUT2D eigenvalue weighted by molar-refractivity contribution is 5.88. The maximum Gasteiger partial charge on any atom is 0.310 e. The van der Waals surface area contributed by atoms with Crippen LogP contribution in [-0.2, 0) is 25.5 Å². The van der Waals surface area contributed by atoms with E-state index in [1.807, 2.05) is 6.92 Å². The Kier molecular flexibility index (Phi) is 7.73. The van der Waals surface area contributed by atoms with Crippen molar-refractivity contribution in [3.05, 3.63) is 35.6 Å². The van der Waals surface area contributed by atoms with Gasteiger partial charge in [-0.25, -0.2) is 4.39 Å². The molecule has 23 heavy (non-hydrogen) atoms. The van der Waals surface area contributed by atoms with Gasteiger partial charge in [-0.05, 0) is 31.0 Å². The molecule has 0 saturated carbocycles. The fourth-order valence-corrected chi connectivity index (χ4v) is 1.72. The number of esters is 1. The molecule has 1 aromatic rings. The lowest BCUT2D eigenvalue weighted by atomic mass is 10.1. The molecule has 6 nitrogen and oxygen atoms in total. The summed E-state index contributed by atoms with van der Waals surface area (Å²) in [7, 11) is 0. The van der Waals surface area contributed by atoms with E-state index in [0.717, 1.165) is 6.42 Å². The summed E-state index contributed by atoms with van der Waals surface area (Å²) in [6, 6.07) is 4.72. The van der Waals surface area contributed by atoms with Gasteiger partial charge in [0.2, 0.25) is 5.91 Å². The molecule has 0 bridgehead atoms. The van der Waals surface area contributed by atoms with Crippen LogP contribution in [0.5, 0.6) is 0 Å². The number of benzene rings is 1. The zero-order valence-corrected chi connectivity index (χ0v) is 13.2. The Morgan fingerprint density at radius 2 is 1.87 bits per heavy atom. The number of amides is 2. The molecule has 0 radical (unpaired) electrons. The highest BCUT2D eigenvalue weighted by Crippen LogP contribution is 2.04. The molecule has 1 aromatic carbocycles. The third kappa shape index (κ3) is 7.39. The lowest BCUT2D eigenvalue weighted by Gasteiger charge is -2.13. The van der Waals surface area contributed by atoms with E-state index in [-0.39, 0.29) is 12.3 Å². The summed E-state index contributed by atoms with van der Waals surface area (Å²) >= 11 is 0. The van der Waals surface area contributed by atoms with E-state index in [1.54, 1.807) is 6.92 Å². The van der Waals surface area contributed by atoms with Crippen LogP contribution in [0, 0.1) is 5.82 Å². The summed E-state index contributed by atoms with van der Waals surface area (Å²) < 4.78 is 17.6. The van der Waals surface area contributed by atoms with Crippen LogP contribution in [-0.4, -0.2) is 37.0 Å². The van der Waals surface area contributed by atoms with Gasteiger partial charge >= 0.3 is 5.97 Å². The van der Waals surface area contributed by atoms with Gasteiger partial charge in [0.25, 0.3) is 5.91 Å². The van der Waals surface area contributed by atoms with Gasteiger partial charge in [0.1, 0.15) is 11.9 Å². The van der Waals surface area contributed by atoms with Crippen LogP contribution in [0.3, 0.4) is 0 Å². The fourth-order valence-electron chi connectivity index (χ4n) is 1.72. The summed E-state index contributed by atoms with van der Waals surface area (Å²) in [4.78, 5) is 34.8. The molecular formula is C16H21FN2O4. The van der Waals surface area contributed by atoms with Crippen LogP contribution in [0.4, 0.5) is 4.39 Å². The van der Waals surface area contributed by atoms with Crippen LogP contribution in [0.15, 0.2) is 24.3 Å². The number of ether oxygens (including phenoxy) is 1. The Balaban J connectivity index is 2.30. The van der Waals surface area contributed by atoms with Gasteiger partial charge in [-0.15, -0.1) is 0 Å². The monoisotopic (exact) mass is 324 g/mol. The van der Waals surface area contributed by atoms with Gasteiger partial charge in [0.15, 0.2) is 6.61 Å². The molecule has 0 aromatic heterocycles. The Hall–Kier alpha value is -2.44. The first-order valence-electron chi connectivity index (χ1n) is 7.39. The van der Waals surface area contributed by atoms with Gasteiger partial charge in [0.05, 0.1) is 6.42 Å². The van der Waals surface area contributed by atoms with E-state index in [9.17, 15) is 18.8 Å². The first-order chi connectivity index (χ1) is 10.9. The van der Waals surface area contributed by atoms with Gasteiger partial charge < -0.3 is 15.4 Å². The molecule has 0 unspecified atom stereocenters. The molecule has 126 valence electrons. The fraction of sp³-hybridized carbons (Fsp3) is 0.438. The second-order valence-corrected chi connectivity index (χ2v) is 5.04. The van der Waals surface area contributed by atoms with Crippen molar-refractivity contribution in [3.63, 3.8) is 0 Å². The molecule has 2 amide bonds. The summed E-state index contributed by atoms with van der Waals surface area (Å²) in [6.45, 7) is 3.53. The van der Waals surface area contributed by atoms with Crippen LogP contribution in [0.1, 0.15) is 25.8 Å². The molecule has 1 rings (SSSR count). The van der Waals surface area contributed by atoms with E-state index in [1.165, 1.54) is 24.3 Å². The lowest BCUT2D eigenvalue weighted by molar-refractivity contribution is -0.148. The average molecular weight is 324 g/mol. The predicted molar refractivity (Wildman–Crippen MR) is 82.0 cm³/mol. The quantitative estimate of drug-likeness (QED) is 0.697. The topological polar surface area (TPSA) is 84.5 Å². The zero-order valence-electron chi connectivity index (χ0n) is 13.2. The molecule has 0 fully saturated rings. The molecule has 0 aliphatic heterocycles. The molecule has 0 saturated heterocycles. The normalized spacial score (nSPS) is 11.4. The molecule has 7 heteroatoms. The van der Waals surface area contributed by atoms with Gasteiger partial charge in [-0.3, -0.25) is 14.4 Å². The highest BCUT2D eigenvalue weighted by atomic mass is 19.1. The van der Waals surface area contributed by atoms with Crippen molar-refractivity contribution >= 4 is 17.8 Å². The van der Waals surface area contributed by atoms with Crippen molar-refractivity contribution in [1.82, 2.24) is 10.6 Å². The Morgan fingerprint density at radius 1 is 1.22 bits per heavy atom. The van der Waals surface area contributed by atoms with Crippen LogP contribution >= 0.6 is 0 Å². The lowest BCUT2D eigenvalue weighted by Crippen LogP contribution is -2.46. The van der Waals surface area contributed by atoms with Crippen LogP contribution in [0.25, 0.3) is 0 Å². The van der Waals surface area contributed by atoms with E-state index >= 15 is 0 Å². The van der Waals surface area contributed by atoms with Gasteiger partial charge in [-0.2, -0.15) is 0 Å². The van der Waals surface area contributed by atoms with E-state index < -0.39 is 30.3 Å². The minimum absolute atomic E-state index is 0.0555. The van der Waals surface area contributed by atoms with Crippen molar-refractivity contribution in [3.8, 4) is 0 Å². The first kappa shape index (κ1) is 18.6. The summed E-state index contributed by atoms with van der Waals surface area (Å²) in [6.07, 6.45) is 0.744. The maximum absolute atomic E-state index is 12.7. The Morgan fingerprint density at radius 3 is 2.48 bits per heavy atom. The van der Waals surface area contributed by atoms with Crippen LogP contribution in [0.2, 0.25) is 0 Å². The standard InChI is InChI=1S/C16H21FN2O4/c1-3-8-18-16(22)11(2)19-14(20)10-23-15(21)9-12-4-6-13(17)7-5-12/h4-7,11H,3,8-10H2,1-2H3,(H,18,22)(H,19,20)/t11-/m0/s1. The largest absolute Gasteiger partial charge is 0.455 e. The summed E-state index contributed by atoms with van der Waals surface area (Å²) in [5.41, 5.74) is 0.587. The third-order valence-corrected chi connectivity index (χ3v) is 2.95. The predicted octanol–water partition coefficient (Wildman–Crippen LogP) is 0.942. The minimum Gasteiger partial charge on any atom is -0.455 e. The smallest absolute Gasteiger partial charge is 0.310 e. The Labute approximate surface area is 134 Å². The number of halogens is 1. The number of rotatable bonds is 8. The van der Waals surface area contributed by atoms with Crippen molar-refractivity contribution < 1.29 is 23.5 Å². The highest BCUT2D eigenvalue weighted by Gasteiger charge is 2.16. The third-order valence-electron chi connectivity index (χ3n) is 2.95. The molecule has 2 N–H and O–H groups in total. The van der Waals surface area contributed by atoms with Crippen molar-refractivity contribution in [2.75, 3.05) is 13.2 Å². The number of carbonyl (C=O) groups is 3. The maximum atomic E-state index is 12.7. The van der Waals surface area contributed by atoms with Crippen molar-refractivity contribution in [2.24, 2.45) is 0 Å². The number of carbonyl (C=O) groups excluding carboxylic acids is 3. The molecule has 0 spiro atoms. The molecule has 0 aliphatic rings. The number of hydrogen-bond donors (Lipinski definition) is 2. The molecule has 1 atom stereocenters. The second kappa shape index (κ2) is 9.55. The SMILES string of the molecule is CCCNC(=O)[C@H](C)NC(=O)COC(=O)Cc1ccc(F)cc1. The minimum atomic E-state index is -0.704. The molecule has 0 aliphatic carbocycles. The Bertz CT molecular complexity index is 546. The van der Waals surface area contributed by atoms with Crippen LogP contribution < -0.4 is 10.6 Å². The second-order valence-electron chi connectivity index (χ2n) is 5.04. The molecular weight excluding hydrogens is 303 g/mol. The first-order valence-corrected chi connectivity index (χ1v) is 7.39. The number of nitrogens with one attached hydrogen (secondary N) is 2. The van der Waals surface area contributed by atoms with E-state index in [2.05, 4.69) is 10.6 Å². The van der Waals surface area contributed by atoms with Crippen molar-refractivity contribution in [2.45, 2.75) is 32.7 Å². The van der Waals surface area contributed by atoms with E-state index in [4.69, 9.17) is 4.74 Å². The van der Waals surface area contributed by atoms with Gasteiger partial charge in [0, 0.05) is 6.54 Å².